The average Bonchev–Trinajstić information content (AvgIpc) is 2.15. The highest BCUT2D eigenvalue weighted by molar-refractivity contribution is 5.88. The molecule has 1 N–H and O–H groups in total. The SMILES string of the molecule is COCOc1cccnc1C(=O)O. The molecule has 0 aliphatic carbocycles. The lowest BCUT2D eigenvalue weighted by Crippen LogP contribution is -2.07. The van der Waals surface area contributed by atoms with Gasteiger partial charge in [-0.05, 0) is 12.1 Å². The van der Waals surface area contributed by atoms with E-state index in [4.69, 9.17) is 9.84 Å². The number of pyridine rings is 1. The van der Waals surface area contributed by atoms with Crippen LogP contribution in [0.4, 0.5) is 0 Å². The Balaban J connectivity index is 2.84. The fourth-order valence-corrected chi connectivity index (χ4v) is 0.790. The zero-order chi connectivity index (χ0) is 9.68. The minimum absolute atomic E-state index is 0.00593. The van der Waals surface area contributed by atoms with E-state index in [1.54, 1.807) is 6.07 Å². The molecule has 0 spiro atoms. The van der Waals surface area contributed by atoms with Crippen LogP contribution in [0, 0.1) is 0 Å². The highest BCUT2D eigenvalue weighted by Crippen LogP contribution is 2.14. The van der Waals surface area contributed by atoms with E-state index in [0.717, 1.165) is 0 Å². The Hall–Kier alpha value is -1.62. The molecule has 0 radical (unpaired) electrons. The van der Waals surface area contributed by atoms with E-state index < -0.39 is 5.97 Å². The van der Waals surface area contributed by atoms with Gasteiger partial charge in [-0.1, -0.05) is 0 Å². The van der Waals surface area contributed by atoms with E-state index in [9.17, 15) is 4.79 Å². The lowest BCUT2D eigenvalue weighted by Gasteiger charge is -2.05. The van der Waals surface area contributed by atoms with Crippen LogP contribution in [0.5, 0.6) is 5.75 Å². The number of rotatable bonds is 4. The van der Waals surface area contributed by atoms with Crippen molar-refractivity contribution >= 4 is 5.97 Å². The highest BCUT2D eigenvalue weighted by Gasteiger charge is 2.11. The lowest BCUT2D eigenvalue weighted by molar-refractivity contribution is 0.0478. The van der Waals surface area contributed by atoms with Crippen LogP contribution in [0.3, 0.4) is 0 Å². The summed E-state index contributed by atoms with van der Waals surface area (Å²) in [6, 6.07) is 3.12. The standard InChI is InChI=1S/C8H9NO4/c1-12-5-13-6-3-2-4-9-7(6)8(10)11/h2-4H,5H2,1H3,(H,10,11). The predicted octanol–water partition coefficient (Wildman–Crippen LogP) is 0.762. The summed E-state index contributed by atoms with van der Waals surface area (Å²) < 4.78 is 9.62. The first-order valence-electron chi connectivity index (χ1n) is 3.55. The number of nitrogens with zero attached hydrogens (tertiary/aromatic N) is 1. The Morgan fingerprint density at radius 3 is 3.08 bits per heavy atom. The Morgan fingerprint density at radius 1 is 1.69 bits per heavy atom. The third-order valence-corrected chi connectivity index (χ3v) is 1.31. The number of aromatic carboxylic acids is 1. The topological polar surface area (TPSA) is 68.7 Å². The Labute approximate surface area is 74.9 Å². The Kier molecular flexibility index (Phi) is 3.22. The largest absolute Gasteiger partial charge is 0.476 e. The molecule has 0 unspecified atom stereocenters. The van der Waals surface area contributed by atoms with Crippen molar-refractivity contribution in [1.82, 2.24) is 4.98 Å². The summed E-state index contributed by atoms with van der Waals surface area (Å²) in [7, 11) is 1.46. The van der Waals surface area contributed by atoms with Crippen molar-refractivity contribution in [3.63, 3.8) is 0 Å². The maximum absolute atomic E-state index is 10.6. The van der Waals surface area contributed by atoms with Crippen LogP contribution in [-0.4, -0.2) is 30.0 Å². The predicted molar refractivity (Wildman–Crippen MR) is 43.7 cm³/mol. The van der Waals surface area contributed by atoms with Crippen molar-refractivity contribution in [1.29, 1.82) is 0 Å². The summed E-state index contributed by atoms with van der Waals surface area (Å²) in [6.45, 7) is 0.00593. The van der Waals surface area contributed by atoms with Crippen LogP contribution < -0.4 is 4.74 Å². The molecule has 0 bridgehead atoms. The van der Waals surface area contributed by atoms with Crippen molar-refractivity contribution < 1.29 is 19.4 Å². The van der Waals surface area contributed by atoms with Crippen molar-refractivity contribution in [3.8, 4) is 5.75 Å². The van der Waals surface area contributed by atoms with Gasteiger partial charge in [0, 0.05) is 13.3 Å². The molecule has 0 saturated heterocycles. The van der Waals surface area contributed by atoms with Gasteiger partial charge in [-0.2, -0.15) is 0 Å². The smallest absolute Gasteiger partial charge is 0.358 e. The van der Waals surface area contributed by atoms with Gasteiger partial charge >= 0.3 is 5.97 Å². The van der Waals surface area contributed by atoms with E-state index >= 15 is 0 Å². The molecular formula is C8H9NO4. The third-order valence-electron chi connectivity index (χ3n) is 1.31. The van der Waals surface area contributed by atoms with E-state index in [1.807, 2.05) is 0 Å². The van der Waals surface area contributed by atoms with Crippen LogP contribution in [0.1, 0.15) is 10.5 Å². The third kappa shape index (κ3) is 2.41. The summed E-state index contributed by atoms with van der Waals surface area (Å²) in [6.07, 6.45) is 1.39. The fraction of sp³-hybridized carbons (Fsp3) is 0.250. The summed E-state index contributed by atoms with van der Waals surface area (Å²) in [5.41, 5.74) is -0.112. The van der Waals surface area contributed by atoms with Crippen LogP contribution in [0.15, 0.2) is 18.3 Å². The first-order valence-corrected chi connectivity index (χ1v) is 3.55. The van der Waals surface area contributed by atoms with Gasteiger partial charge in [0.05, 0.1) is 0 Å². The molecular weight excluding hydrogens is 174 g/mol. The number of aromatic nitrogens is 1. The minimum atomic E-state index is -1.12. The number of methoxy groups -OCH3 is 1. The van der Waals surface area contributed by atoms with Crippen molar-refractivity contribution in [3.05, 3.63) is 24.0 Å². The molecule has 70 valence electrons. The fourth-order valence-electron chi connectivity index (χ4n) is 0.790. The maximum Gasteiger partial charge on any atom is 0.358 e. The van der Waals surface area contributed by atoms with Gasteiger partial charge in [0.15, 0.2) is 18.2 Å². The number of carboxylic acids is 1. The normalized spacial score (nSPS) is 9.62. The molecule has 5 heteroatoms. The number of carboxylic acid groups (broad SMARTS) is 1. The molecule has 5 nitrogen and oxygen atoms in total. The van der Waals surface area contributed by atoms with Gasteiger partial charge in [0.25, 0.3) is 0 Å². The van der Waals surface area contributed by atoms with Gasteiger partial charge in [-0.15, -0.1) is 0 Å². The monoisotopic (exact) mass is 183 g/mol. The molecule has 13 heavy (non-hydrogen) atoms. The van der Waals surface area contributed by atoms with E-state index in [2.05, 4.69) is 9.72 Å². The van der Waals surface area contributed by atoms with Crippen molar-refractivity contribution in [2.24, 2.45) is 0 Å². The van der Waals surface area contributed by atoms with Crippen LogP contribution in [-0.2, 0) is 4.74 Å². The summed E-state index contributed by atoms with van der Waals surface area (Å²) >= 11 is 0. The zero-order valence-electron chi connectivity index (χ0n) is 7.06. The van der Waals surface area contributed by atoms with E-state index in [0.29, 0.717) is 0 Å². The summed E-state index contributed by atoms with van der Waals surface area (Å²) in [5, 5.41) is 8.68. The number of carbonyl (C=O) groups is 1. The molecule has 1 heterocycles. The number of hydrogen-bond donors (Lipinski definition) is 1. The lowest BCUT2D eigenvalue weighted by atomic mass is 10.3. The number of hydrogen-bond acceptors (Lipinski definition) is 4. The van der Waals surface area contributed by atoms with Gasteiger partial charge < -0.3 is 14.6 Å². The molecule has 0 aromatic carbocycles. The molecule has 1 rings (SSSR count). The number of ether oxygens (including phenoxy) is 2. The van der Waals surface area contributed by atoms with Crippen molar-refractivity contribution in [2.75, 3.05) is 13.9 Å². The van der Waals surface area contributed by atoms with E-state index in [-0.39, 0.29) is 18.2 Å². The molecule has 0 atom stereocenters. The average molecular weight is 183 g/mol. The first kappa shape index (κ1) is 9.47. The Morgan fingerprint density at radius 2 is 2.46 bits per heavy atom. The quantitative estimate of drug-likeness (QED) is 0.698. The van der Waals surface area contributed by atoms with Gasteiger partial charge in [-0.3, -0.25) is 0 Å². The molecule has 1 aromatic heterocycles. The Bertz CT molecular complexity index is 300. The van der Waals surface area contributed by atoms with E-state index in [1.165, 1.54) is 19.4 Å². The molecule has 1 aromatic rings. The van der Waals surface area contributed by atoms with Crippen molar-refractivity contribution in [2.45, 2.75) is 0 Å². The maximum atomic E-state index is 10.6. The second-order valence-corrected chi connectivity index (χ2v) is 2.21. The first-order chi connectivity index (χ1) is 6.25. The highest BCUT2D eigenvalue weighted by atomic mass is 16.7. The second kappa shape index (κ2) is 4.42. The van der Waals surface area contributed by atoms with Crippen LogP contribution in [0.25, 0.3) is 0 Å². The molecule has 0 aliphatic heterocycles. The van der Waals surface area contributed by atoms with Gasteiger partial charge in [0.1, 0.15) is 0 Å². The van der Waals surface area contributed by atoms with Gasteiger partial charge in [0.2, 0.25) is 0 Å². The summed E-state index contributed by atoms with van der Waals surface area (Å²) in [5.74, 6) is -0.913. The minimum Gasteiger partial charge on any atom is -0.476 e. The molecule has 0 saturated carbocycles. The summed E-state index contributed by atoms with van der Waals surface area (Å²) in [4.78, 5) is 14.3. The molecule has 0 amide bonds. The van der Waals surface area contributed by atoms with Gasteiger partial charge in [-0.25, -0.2) is 9.78 Å². The molecule has 0 aliphatic rings. The zero-order valence-corrected chi connectivity index (χ0v) is 7.06. The molecule has 0 fully saturated rings. The second-order valence-electron chi connectivity index (χ2n) is 2.21. The van der Waals surface area contributed by atoms with Crippen LogP contribution >= 0.6 is 0 Å². The van der Waals surface area contributed by atoms with Crippen LogP contribution in [0.2, 0.25) is 0 Å².